The van der Waals surface area contributed by atoms with Gasteiger partial charge in [-0.3, -0.25) is 0 Å². The van der Waals surface area contributed by atoms with E-state index < -0.39 is 0 Å². The van der Waals surface area contributed by atoms with Gasteiger partial charge in [-0.05, 0) is 31.0 Å². The van der Waals surface area contributed by atoms with Gasteiger partial charge in [0.25, 0.3) is 0 Å². The van der Waals surface area contributed by atoms with Crippen molar-refractivity contribution < 1.29 is 0 Å². The average Bonchev–Trinajstić information content (AvgIpc) is 2.33. The number of anilines is 1. The standard InChI is InChI=1S/C14H16ClN3/c1-3-12-9(2)14(16)18-13(17-12)8-10-5-4-6-11(15)7-10/h4-7H,3,8H2,1-2H3,(H2,16,17,18). The van der Waals surface area contributed by atoms with Crippen LogP contribution in [0.2, 0.25) is 5.02 Å². The highest BCUT2D eigenvalue weighted by Crippen LogP contribution is 2.16. The Morgan fingerprint density at radius 3 is 2.72 bits per heavy atom. The third-order valence-corrected chi connectivity index (χ3v) is 3.15. The molecule has 0 aliphatic rings. The summed E-state index contributed by atoms with van der Waals surface area (Å²) >= 11 is 5.96. The Morgan fingerprint density at radius 1 is 1.28 bits per heavy atom. The Hall–Kier alpha value is -1.61. The first-order valence-corrected chi connectivity index (χ1v) is 6.34. The van der Waals surface area contributed by atoms with Gasteiger partial charge in [0.15, 0.2) is 0 Å². The number of nitrogen functional groups attached to an aromatic ring is 1. The molecule has 2 N–H and O–H groups in total. The van der Waals surface area contributed by atoms with E-state index in [-0.39, 0.29) is 0 Å². The highest BCUT2D eigenvalue weighted by atomic mass is 35.5. The van der Waals surface area contributed by atoms with E-state index in [0.29, 0.717) is 12.2 Å². The molecule has 0 aliphatic carbocycles. The second-order valence-corrected chi connectivity index (χ2v) is 4.69. The van der Waals surface area contributed by atoms with E-state index in [1.807, 2.05) is 31.2 Å². The number of nitrogens with two attached hydrogens (primary N) is 1. The molecule has 2 aromatic rings. The van der Waals surface area contributed by atoms with E-state index in [2.05, 4.69) is 16.9 Å². The topological polar surface area (TPSA) is 51.8 Å². The fourth-order valence-corrected chi connectivity index (χ4v) is 2.10. The van der Waals surface area contributed by atoms with Gasteiger partial charge >= 0.3 is 0 Å². The number of benzene rings is 1. The molecule has 94 valence electrons. The van der Waals surface area contributed by atoms with E-state index in [1.165, 1.54) is 0 Å². The monoisotopic (exact) mass is 261 g/mol. The lowest BCUT2D eigenvalue weighted by Gasteiger charge is -2.08. The molecule has 0 unspecified atom stereocenters. The first kappa shape index (κ1) is 12.8. The summed E-state index contributed by atoms with van der Waals surface area (Å²) in [7, 11) is 0. The zero-order valence-electron chi connectivity index (χ0n) is 10.6. The summed E-state index contributed by atoms with van der Waals surface area (Å²) in [6, 6.07) is 7.71. The van der Waals surface area contributed by atoms with Crippen molar-refractivity contribution >= 4 is 17.4 Å². The minimum absolute atomic E-state index is 0.568. The number of hydrogen-bond donors (Lipinski definition) is 1. The zero-order chi connectivity index (χ0) is 13.1. The molecule has 0 bridgehead atoms. The largest absolute Gasteiger partial charge is 0.383 e. The molecule has 0 saturated heterocycles. The van der Waals surface area contributed by atoms with Crippen LogP contribution in [0.4, 0.5) is 5.82 Å². The molecule has 1 heterocycles. The molecule has 0 amide bonds. The van der Waals surface area contributed by atoms with Crippen LogP contribution >= 0.6 is 11.6 Å². The van der Waals surface area contributed by atoms with Gasteiger partial charge in [0, 0.05) is 22.7 Å². The Labute approximate surface area is 112 Å². The van der Waals surface area contributed by atoms with Crippen LogP contribution in [-0.4, -0.2) is 9.97 Å². The summed E-state index contributed by atoms with van der Waals surface area (Å²) in [6.07, 6.45) is 1.51. The first-order valence-electron chi connectivity index (χ1n) is 5.96. The molecule has 1 aromatic heterocycles. The van der Waals surface area contributed by atoms with Crippen molar-refractivity contribution in [2.45, 2.75) is 26.7 Å². The minimum Gasteiger partial charge on any atom is -0.383 e. The van der Waals surface area contributed by atoms with Gasteiger partial charge in [-0.25, -0.2) is 9.97 Å². The van der Waals surface area contributed by atoms with Crippen molar-refractivity contribution in [3.8, 4) is 0 Å². The molecule has 4 heteroatoms. The SMILES string of the molecule is CCc1nc(Cc2cccc(Cl)c2)nc(N)c1C. The second-order valence-electron chi connectivity index (χ2n) is 4.26. The number of hydrogen-bond acceptors (Lipinski definition) is 3. The Bertz CT molecular complexity index is 567. The molecule has 18 heavy (non-hydrogen) atoms. The third kappa shape index (κ3) is 2.79. The number of nitrogens with zero attached hydrogens (tertiary/aromatic N) is 2. The Morgan fingerprint density at radius 2 is 2.06 bits per heavy atom. The lowest BCUT2D eigenvalue weighted by Crippen LogP contribution is -2.07. The van der Waals surface area contributed by atoms with Crippen molar-refractivity contribution in [3.63, 3.8) is 0 Å². The summed E-state index contributed by atoms with van der Waals surface area (Å²) in [4.78, 5) is 8.87. The van der Waals surface area contributed by atoms with E-state index >= 15 is 0 Å². The summed E-state index contributed by atoms with van der Waals surface area (Å²) in [6.45, 7) is 4.02. The van der Waals surface area contributed by atoms with Crippen molar-refractivity contribution in [2.75, 3.05) is 5.73 Å². The van der Waals surface area contributed by atoms with Crippen molar-refractivity contribution in [2.24, 2.45) is 0 Å². The molecule has 0 atom stereocenters. The van der Waals surface area contributed by atoms with Crippen LogP contribution in [0.15, 0.2) is 24.3 Å². The van der Waals surface area contributed by atoms with Gasteiger partial charge in [0.2, 0.25) is 0 Å². The number of rotatable bonds is 3. The van der Waals surface area contributed by atoms with E-state index in [4.69, 9.17) is 17.3 Å². The zero-order valence-corrected chi connectivity index (χ0v) is 11.3. The molecule has 0 fully saturated rings. The van der Waals surface area contributed by atoms with Gasteiger partial charge in [-0.15, -0.1) is 0 Å². The predicted molar refractivity (Wildman–Crippen MR) is 74.8 cm³/mol. The minimum atomic E-state index is 0.568. The van der Waals surface area contributed by atoms with Crippen LogP contribution in [0, 0.1) is 6.92 Å². The maximum absolute atomic E-state index is 5.96. The van der Waals surface area contributed by atoms with Gasteiger partial charge in [-0.1, -0.05) is 30.7 Å². The molecule has 0 saturated carbocycles. The van der Waals surface area contributed by atoms with Crippen LogP contribution in [0.25, 0.3) is 0 Å². The molecule has 0 radical (unpaired) electrons. The highest BCUT2D eigenvalue weighted by Gasteiger charge is 2.08. The molecular formula is C14H16ClN3. The quantitative estimate of drug-likeness (QED) is 0.923. The number of aromatic nitrogens is 2. The van der Waals surface area contributed by atoms with E-state index in [1.54, 1.807) is 0 Å². The number of halogens is 1. The van der Waals surface area contributed by atoms with Crippen LogP contribution in [0.1, 0.15) is 29.6 Å². The number of aryl methyl sites for hydroxylation is 1. The predicted octanol–water partition coefficient (Wildman–Crippen LogP) is 3.17. The van der Waals surface area contributed by atoms with Gasteiger partial charge in [-0.2, -0.15) is 0 Å². The third-order valence-electron chi connectivity index (χ3n) is 2.92. The second kappa shape index (κ2) is 5.36. The lowest BCUT2D eigenvalue weighted by atomic mass is 10.1. The molecule has 0 spiro atoms. The van der Waals surface area contributed by atoms with Crippen LogP contribution in [-0.2, 0) is 12.8 Å². The van der Waals surface area contributed by atoms with Crippen molar-refractivity contribution in [1.82, 2.24) is 9.97 Å². The van der Waals surface area contributed by atoms with Gasteiger partial charge in [0.1, 0.15) is 11.6 Å². The fraction of sp³-hybridized carbons (Fsp3) is 0.286. The van der Waals surface area contributed by atoms with E-state index in [9.17, 15) is 0 Å². The molecule has 3 nitrogen and oxygen atoms in total. The van der Waals surface area contributed by atoms with Crippen molar-refractivity contribution in [1.29, 1.82) is 0 Å². The Kier molecular flexibility index (Phi) is 3.82. The average molecular weight is 262 g/mol. The maximum Gasteiger partial charge on any atom is 0.135 e. The van der Waals surface area contributed by atoms with Crippen LogP contribution in [0.5, 0.6) is 0 Å². The first-order chi connectivity index (χ1) is 8.60. The lowest BCUT2D eigenvalue weighted by molar-refractivity contribution is 0.895. The van der Waals surface area contributed by atoms with Gasteiger partial charge in [0.05, 0.1) is 0 Å². The van der Waals surface area contributed by atoms with E-state index in [0.717, 1.165) is 34.1 Å². The molecular weight excluding hydrogens is 246 g/mol. The summed E-state index contributed by atoms with van der Waals surface area (Å²) in [5.41, 5.74) is 8.99. The van der Waals surface area contributed by atoms with Gasteiger partial charge < -0.3 is 5.73 Å². The fourth-order valence-electron chi connectivity index (χ4n) is 1.89. The maximum atomic E-state index is 5.96. The van der Waals surface area contributed by atoms with Crippen LogP contribution in [0.3, 0.4) is 0 Å². The van der Waals surface area contributed by atoms with Crippen LogP contribution < -0.4 is 5.73 Å². The normalized spacial score (nSPS) is 10.6. The molecule has 1 aromatic carbocycles. The smallest absolute Gasteiger partial charge is 0.135 e. The molecule has 0 aliphatic heterocycles. The Balaban J connectivity index is 2.32. The summed E-state index contributed by atoms with van der Waals surface area (Å²) in [5.74, 6) is 1.32. The highest BCUT2D eigenvalue weighted by molar-refractivity contribution is 6.30. The summed E-state index contributed by atoms with van der Waals surface area (Å²) in [5, 5.41) is 0.725. The molecule has 2 rings (SSSR count). The summed E-state index contributed by atoms with van der Waals surface area (Å²) < 4.78 is 0. The van der Waals surface area contributed by atoms with Crippen molar-refractivity contribution in [3.05, 3.63) is 51.9 Å².